The minimum Gasteiger partial charge on any atom is -0.496 e. The van der Waals surface area contributed by atoms with Gasteiger partial charge >= 0.3 is 17.1 Å². The summed E-state index contributed by atoms with van der Waals surface area (Å²) >= 11 is 4.14. The van der Waals surface area contributed by atoms with Crippen LogP contribution in [0.2, 0.25) is 0 Å². The van der Waals surface area contributed by atoms with Crippen LogP contribution in [0.4, 0.5) is 0 Å². The largest absolute Gasteiger partial charge is 2.00 e. The number of nitrogens with zero attached hydrogens (tertiary/aromatic N) is 1. The molecule has 204 valence electrons. The first kappa shape index (κ1) is 35.4. The van der Waals surface area contributed by atoms with Gasteiger partial charge in [-0.1, -0.05) is 84.4 Å². The molecule has 3 nitrogen and oxygen atoms in total. The predicted octanol–water partition coefficient (Wildman–Crippen LogP) is 7.48. The molecule has 0 N–H and O–H groups in total. The Morgan fingerprint density at radius 3 is 1.61 bits per heavy atom. The van der Waals surface area contributed by atoms with E-state index < -0.39 is 7.92 Å². The summed E-state index contributed by atoms with van der Waals surface area (Å²) in [6, 6.07) is 17.5. The smallest absolute Gasteiger partial charge is 0.496 e. The van der Waals surface area contributed by atoms with Crippen molar-refractivity contribution >= 4 is 34.5 Å². The van der Waals surface area contributed by atoms with Crippen molar-refractivity contribution in [3.63, 3.8) is 0 Å². The van der Waals surface area contributed by atoms with Gasteiger partial charge < -0.3 is 29.2 Å². The van der Waals surface area contributed by atoms with Gasteiger partial charge in [-0.15, -0.1) is 0 Å². The molecule has 2 saturated carbocycles. The molecule has 4 rings (SSSR count). The number of halogens is 1. The quantitative estimate of drug-likeness (QED) is 0.139. The van der Waals surface area contributed by atoms with Crippen LogP contribution in [0.5, 0.6) is 11.5 Å². The van der Waals surface area contributed by atoms with Crippen LogP contribution in [-0.4, -0.2) is 49.7 Å². The summed E-state index contributed by atoms with van der Waals surface area (Å²) in [5, 5.41) is 2.61. The van der Waals surface area contributed by atoms with Gasteiger partial charge in [-0.25, -0.2) is 0 Å². The van der Waals surface area contributed by atoms with Crippen molar-refractivity contribution in [2.75, 3.05) is 28.3 Å². The van der Waals surface area contributed by atoms with Gasteiger partial charge in [0.1, 0.15) is 11.5 Å². The molecular formula is C30H47BrFeNO2P. The summed E-state index contributed by atoms with van der Waals surface area (Å²) in [7, 11) is 7.27. The number of methoxy groups -OCH3 is 2. The zero-order chi connectivity index (χ0) is 23.8. The first-order valence-corrected chi connectivity index (χ1v) is 14.7. The number of hydrogen-bond donors (Lipinski definition) is 0. The second-order valence-electron chi connectivity index (χ2n) is 9.44. The topological polar surface area (TPSA) is 21.7 Å². The molecule has 6 heteroatoms. The van der Waals surface area contributed by atoms with E-state index in [0.29, 0.717) is 22.4 Å². The van der Waals surface area contributed by atoms with Crippen LogP contribution >= 0.6 is 23.9 Å². The number of alkyl halides is 1. The Balaban J connectivity index is 0.00000137. The van der Waals surface area contributed by atoms with Crippen molar-refractivity contribution in [2.45, 2.75) is 68.4 Å². The maximum atomic E-state index is 5.78. The first-order valence-electron chi connectivity index (χ1n) is 12.3. The van der Waals surface area contributed by atoms with Gasteiger partial charge in [0.15, 0.2) is 0 Å². The molecule has 0 saturated heterocycles. The van der Waals surface area contributed by atoms with E-state index >= 15 is 0 Å². The number of hydrogen-bond acceptors (Lipinski definition) is 3. The molecule has 0 aliphatic heterocycles. The van der Waals surface area contributed by atoms with E-state index in [4.69, 9.17) is 9.47 Å². The minimum absolute atomic E-state index is 0. The van der Waals surface area contributed by atoms with Crippen LogP contribution in [0.3, 0.4) is 0 Å². The fourth-order valence-corrected chi connectivity index (χ4v) is 10.0. The first-order chi connectivity index (χ1) is 16.0. The van der Waals surface area contributed by atoms with Crippen LogP contribution < -0.4 is 20.1 Å². The zero-order valence-electron chi connectivity index (χ0n) is 23.3. The van der Waals surface area contributed by atoms with Crippen LogP contribution in [0.15, 0.2) is 48.5 Å². The average Bonchev–Trinajstić information content (AvgIpc) is 3.54. The van der Waals surface area contributed by atoms with Crippen LogP contribution in [0, 0.1) is 20.8 Å². The van der Waals surface area contributed by atoms with Gasteiger partial charge in [0.25, 0.3) is 0 Å². The van der Waals surface area contributed by atoms with E-state index in [9.17, 15) is 0 Å². The third-order valence-electron chi connectivity index (χ3n) is 7.28. The second kappa shape index (κ2) is 17.8. The molecule has 3 unspecified atom stereocenters. The Kier molecular flexibility index (Phi) is 17.6. The molecule has 0 spiro atoms. The Morgan fingerprint density at radius 2 is 1.22 bits per heavy atom. The van der Waals surface area contributed by atoms with Crippen molar-refractivity contribution < 1.29 is 26.5 Å². The second-order valence-corrected chi connectivity index (χ2v) is 12.9. The van der Waals surface area contributed by atoms with Crippen LogP contribution in [0.25, 0.3) is 0 Å². The predicted molar refractivity (Wildman–Crippen MR) is 160 cm³/mol. The standard InChI is InChI=1S/C23H31BrNO2P.C5H10.2CH3.Fe/c1-16(25(2)3)17-14-15-22(23(17)24)28(20-12-8-6-10-18(20)26-4)21-13-9-7-11-19(21)27-5;1-2-4-5-3-1;;;/h6-13,16-17,22-23H,14-15H2,1-5H3;1-5H2;2*1H3;/q;;2*-1;+2/t16-,17?,22?,23?;;;;/m1..../s1. The van der Waals surface area contributed by atoms with E-state index in [1.54, 1.807) is 14.2 Å². The molecule has 2 aromatic carbocycles. The number of rotatable bonds is 7. The van der Waals surface area contributed by atoms with E-state index in [1.807, 2.05) is 0 Å². The molecule has 2 aliphatic rings. The van der Waals surface area contributed by atoms with E-state index in [-0.39, 0.29) is 31.9 Å². The summed E-state index contributed by atoms with van der Waals surface area (Å²) in [6.45, 7) is 2.34. The van der Waals surface area contributed by atoms with Crippen molar-refractivity contribution in [3.05, 3.63) is 63.4 Å². The molecule has 2 fully saturated rings. The zero-order valence-corrected chi connectivity index (χ0v) is 26.9. The van der Waals surface area contributed by atoms with Crippen molar-refractivity contribution in [1.82, 2.24) is 4.90 Å². The molecule has 2 aromatic rings. The Labute approximate surface area is 242 Å². The normalized spacial score (nSPS) is 21.4. The average molecular weight is 620 g/mol. The van der Waals surface area contributed by atoms with Crippen molar-refractivity contribution in [2.24, 2.45) is 5.92 Å². The van der Waals surface area contributed by atoms with Crippen molar-refractivity contribution in [1.29, 1.82) is 0 Å². The summed E-state index contributed by atoms with van der Waals surface area (Å²) in [5.41, 5.74) is 0.537. The molecule has 4 atom stereocenters. The summed E-state index contributed by atoms with van der Waals surface area (Å²) < 4.78 is 11.6. The van der Waals surface area contributed by atoms with Gasteiger partial charge in [0.05, 0.1) is 14.2 Å². The summed E-state index contributed by atoms with van der Waals surface area (Å²) in [6.07, 6.45) is 9.95. The molecule has 2 aliphatic carbocycles. The van der Waals surface area contributed by atoms with E-state index in [1.165, 1.54) is 55.6 Å². The molecule has 0 bridgehead atoms. The molecule has 0 amide bonds. The third kappa shape index (κ3) is 8.74. The van der Waals surface area contributed by atoms with Gasteiger partial charge in [-0.2, -0.15) is 0 Å². The Morgan fingerprint density at radius 1 is 0.806 bits per heavy atom. The van der Waals surface area contributed by atoms with Gasteiger partial charge in [0, 0.05) is 27.1 Å². The monoisotopic (exact) mass is 619 g/mol. The van der Waals surface area contributed by atoms with Gasteiger partial charge in [-0.3, -0.25) is 0 Å². The molecular weight excluding hydrogens is 573 g/mol. The molecule has 36 heavy (non-hydrogen) atoms. The number of benzene rings is 2. The number of ether oxygens (including phenoxy) is 2. The SMILES string of the molecule is C1CCCC1.COc1ccccc1P(c1ccccc1OC)C1CCC([C@@H](C)N(C)C)C1Br.[CH3-].[CH3-].[Fe+2]. The molecule has 0 aromatic heterocycles. The van der Waals surface area contributed by atoms with Crippen molar-refractivity contribution in [3.8, 4) is 11.5 Å². The van der Waals surface area contributed by atoms with Gasteiger partial charge in [0.2, 0.25) is 0 Å². The van der Waals surface area contributed by atoms with E-state index in [2.05, 4.69) is 90.4 Å². The van der Waals surface area contributed by atoms with Gasteiger partial charge in [-0.05, 0) is 59.8 Å². The van der Waals surface area contributed by atoms with Crippen LogP contribution in [0.1, 0.15) is 51.9 Å². The fourth-order valence-electron chi connectivity index (χ4n) is 5.16. The Hall–Kier alpha value is -0.571. The minimum atomic E-state index is -0.631. The summed E-state index contributed by atoms with van der Waals surface area (Å²) in [4.78, 5) is 2.81. The molecule has 0 heterocycles. The van der Waals surface area contributed by atoms with Crippen LogP contribution in [-0.2, 0) is 17.1 Å². The summed E-state index contributed by atoms with van der Waals surface area (Å²) in [5.74, 6) is 2.58. The maximum absolute atomic E-state index is 5.78. The van der Waals surface area contributed by atoms with E-state index in [0.717, 1.165) is 11.5 Å². The maximum Gasteiger partial charge on any atom is 2.00 e. The molecule has 0 radical (unpaired) electrons. The Bertz CT molecular complexity index is 809. The number of para-hydroxylation sites is 2. The fraction of sp³-hybridized carbons (Fsp3) is 0.533. The third-order valence-corrected chi connectivity index (χ3v) is 12.0.